The molecule has 1 aliphatic rings. The SMILES string of the molecule is Cc1cc(OCC(=O)N2CCC[C@@H]2CO)no1. The van der Waals surface area contributed by atoms with Gasteiger partial charge in [-0.25, -0.2) is 0 Å². The number of ether oxygens (including phenoxy) is 1. The van der Waals surface area contributed by atoms with E-state index in [9.17, 15) is 4.79 Å². The molecule has 94 valence electrons. The van der Waals surface area contributed by atoms with Crippen LogP contribution in [0.1, 0.15) is 18.6 Å². The number of carbonyl (C=O) groups is 1. The molecule has 1 aliphatic heterocycles. The van der Waals surface area contributed by atoms with E-state index in [0.717, 1.165) is 12.8 Å². The van der Waals surface area contributed by atoms with E-state index in [2.05, 4.69) is 5.16 Å². The smallest absolute Gasteiger partial charge is 0.260 e. The molecule has 0 saturated carbocycles. The summed E-state index contributed by atoms with van der Waals surface area (Å²) in [4.78, 5) is 13.5. The van der Waals surface area contributed by atoms with E-state index in [1.165, 1.54) is 0 Å². The molecule has 1 saturated heterocycles. The van der Waals surface area contributed by atoms with E-state index in [4.69, 9.17) is 14.4 Å². The minimum absolute atomic E-state index is 0.00874. The number of likely N-dealkylation sites (tertiary alicyclic amines) is 1. The lowest BCUT2D eigenvalue weighted by Gasteiger charge is -2.22. The number of rotatable bonds is 4. The molecule has 1 fully saturated rings. The summed E-state index contributed by atoms with van der Waals surface area (Å²) >= 11 is 0. The monoisotopic (exact) mass is 240 g/mol. The molecule has 1 aromatic heterocycles. The number of aliphatic hydroxyl groups excluding tert-OH is 1. The average Bonchev–Trinajstić information content (AvgIpc) is 2.94. The number of aromatic nitrogens is 1. The van der Waals surface area contributed by atoms with E-state index >= 15 is 0 Å². The molecule has 1 amide bonds. The summed E-state index contributed by atoms with van der Waals surface area (Å²) in [7, 11) is 0. The number of aryl methyl sites for hydroxylation is 1. The van der Waals surface area contributed by atoms with E-state index in [1.807, 2.05) is 0 Å². The highest BCUT2D eigenvalue weighted by Gasteiger charge is 2.28. The summed E-state index contributed by atoms with van der Waals surface area (Å²) in [5.74, 6) is 0.833. The van der Waals surface area contributed by atoms with Crippen molar-refractivity contribution in [2.75, 3.05) is 19.8 Å². The minimum Gasteiger partial charge on any atom is -0.465 e. The number of nitrogens with zero attached hydrogens (tertiary/aromatic N) is 2. The molecule has 6 heteroatoms. The van der Waals surface area contributed by atoms with Crippen LogP contribution in [-0.2, 0) is 4.79 Å². The lowest BCUT2D eigenvalue weighted by molar-refractivity contribution is -0.135. The summed E-state index contributed by atoms with van der Waals surface area (Å²) in [6.45, 7) is 2.38. The van der Waals surface area contributed by atoms with Crippen LogP contribution in [0.4, 0.5) is 0 Å². The van der Waals surface area contributed by atoms with Gasteiger partial charge in [0.1, 0.15) is 5.76 Å². The third-order valence-electron chi connectivity index (χ3n) is 2.86. The second-order valence-electron chi connectivity index (χ2n) is 4.13. The summed E-state index contributed by atoms with van der Waals surface area (Å²) in [6, 6.07) is 1.56. The summed E-state index contributed by atoms with van der Waals surface area (Å²) in [5.41, 5.74) is 0. The van der Waals surface area contributed by atoms with Crippen LogP contribution in [0.15, 0.2) is 10.6 Å². The molecule has 0 unspecified atom stereocenters. The van der Waals surface area contributed by atoms with E-state index in [1.54, 1.807) is 17.9 Å². The van der Waals surface area contributed by atoms with Gasteiger partial charge in [0.05, 0.1) is 12.6 Å². The number of carbonyl (C=O) groups excluding carboxylic acids is 1. The zero-order chi connectivity index (χ0) is 12.3. The van der Waals surface area contributed by atoms with Crippen LogP contribution in [0.5, 0.6) is 5.88 Å². The zero-order valence-corrected chi connectivity index (χ0v) is 9.76. The maximum absolute atomic E-state index is 11.8. The van der Waals surface area contributed by atoms with Gasteiger partial charge in [-0.1, -0.05) is 0 Å². The van der Waals surface area contributed by atoms with Crippen LogP contribution in [0.25, 0.3) is 0 Å². The van der Waals surface area contributed by atoms with Gasteiger partial charge in [-0.05, 0) is 24.9 Å². The molecule has 0 aliphatic carbocycles. The van der Waals surface area contributed by atoms with Gasteiger partial charge in [-0.2, -0.15) is 0 Å². The van der Waals surface area contributed by atoms with Gasteiger partial charge >= 0.3 is 0 Å². The van der Waals surface area contributed by atoms with E-state index < -0.39 is 0 Å². The van der Waals surface area contributed by atoms with Crippen molar-refractivity contribution in [3.05, 3.63) is 11.8 Å². The molecule has 1 aromatic rings. The number of amides is 1. The topological polar surface area (TPSA) is 75.8 Å². The molecular formula is C11H16N2O4. The zero-order valence-electron chi connectivity index (χ0n) is 9.76. The Morgan fingerprint density at radius 2 is 2.59 bits per heavy atom. The molecule has 2 heterocycles. The van der Waals surface area contributed by atoms with Crippen molar-refractivity contribution in [2.45, 2.75) is 25.8 Å². The Hall–Kier alpha value is -1.56. The van der Waals surface area contributed by atoms with Gasteiger partial charge in [0, 0.05) is 12.6 Å². The average molecular weight is 240 g/mol. The summed E-state index contributed by atoms with van der Waals surface area (Å²) in [5, 5.41) is 12.7. The number of aliphatic hydroxyl groups is 1. The maximum Gasteiger partial charge on any atom is 0.260 e. The van der Waals surface area contributed by atoms with Crippen molar-refractivity contribution in [2.24, 2.45) is 0 Å². The maximum atomic E-state index is 11.8. The quantitative estimate of drug-likeness (QED) is 0.821. The highest BCUT2D eigenvalue weighted by atomic mass is 16.5. The lowest BCUT2D eigenvalue weighted by atomic mass is 10.2. The predicted molar refractivity (Wildman–Crippen MR) is 58.6 cm³/mol. The van der Waals surface area contributed by atoms with Crippen molar-refractivity contribution < 1.29 is 19.2 Å². The largest absolute Gasteiger partial charge is 0.465 e. The molecule has 0 aromatic carbocycles. The molecule has 6 nitrogen and oxygen atoms in total. The third kappa shape index (κ3) is 2.76. The Morgan fingerprint density at radius 1 is 1.76 bits per heavy atom. The second-order valence-corrected chi connectivity index (χ2v) is 4.13. The molecule has 2 rings (SSSR count). The van der Waals surface area contributed by atoms with Gasteiger partial charge in [-0.15, -0.1) is 0 Å². The fraction of sp³-hybridized carbons (Fsp3) is 0.636. The van der Waals surface area contributed by atoms with Crippen LogP contribution >= 0.6 is 0 Å². The Bertz CT molecular complexity index is 391. The Morgan fingerprint density at radius 3 is 3.24 bits per heavy atom. The van der Waals surface area contributed by atoms with E-state index in [0.29, 0.717) is 18.2 Å². The first-order chi connectivity index (χ1) is 8.20. The Balaban J connectivity index is 1.84. The molecule has 17 heavy (non-hydrogen) atoms. The lowest BCUT2D eigenvalue weighted by Crippen LogP contribution is -2.40. The van der Waals surface area contributed by atoms with E-state index in [-0.39, 0.29) is 25.2 Å². The Kier molecular flexibility index (Phi) is 3.63. The van der Waals surface area contributed by atoms with Crippen LogP contribution in [0.3, 0.4) is 0 Å². The fourth-order valence-electron chi connectivity index (χ4n) is 1.98. The van der Waals surface area contributed by atoms with Crippen LogP contribution in [0, 0.1) is 6.92 Å². The third-order valence-corrected chi connectivity index (χ3v) is 2.86. The van der Waals surface area contributed by atoms with Crippen LogP contribution in [-0.4, -0.2) is 46.9 Å². The highest BCUT2D eigenvalue weighted by Crippen LogP contribution is 2.17. The predicted octanol–water partition coefficient (Wildman–Crippen LogP) is 0.345. The van der Waals surface area contributed by atoms with Crippen molar-refractivity contribution in [3.63, 3.8) is 0 Å². The minimum atomic E-state index is -0.123. The van der Waals surface area contributed by atoms with Crippen molar-refractivity contribution in [3.8, 4) is 5.88 Å². The summed E-state index contributed by atoms with van der Waals surface area (Å²) < 4.78 is 10.0. The van der Waals surface area contributed by atoms with Gasteiger partial charge in [0.2, 0.25) is 0 Å². The molecule has 0 bridgehead atoms. The summed E-state index contributed by atoms with van der Waals surface area (Å²) in [6.07, 6.45) is 1.78. The second kappa shape index (κ2) is 5.18. The molecule has 1 atom stereocenters. The molecule has 0 radical (unpaired) electrons. The fourth-order valence-corrected chi connectivity index (χ4v) is 1.98. The Labute approximate surface area is 99.1 Å². The first kappa shape index (κ1) is 11.9. The first-order valence-corrected chi connectivity index (χ1v) is 5.67. The van der Waals surface area contributed by atoms with Gasteiger partial charge in [0.25, 0.3) is 11.8 Å². The molecule has 0 spiro atoms. The van der Waals surface area contributed by atoms with Gasteiger partial charge in [0.15, 0.2) is 6.61 Å². The highest BCUT2D eigenvalue weighted by molar-refractivity contribution is 5.78. The molecular weight excluding hydrogens is 224 g/mol. The first-order valence-electron chi connectivity index (χ1n) is 5.67. The van der Waals surface area contributed by atoms with Gasteiger partial charge in [-0.3, -0.25) is 4.79 Å². The number of hydrogen-bond donors (Lipinski definition) is 1. The van der Waals surface area contributed by atoms with Crippen molar-refractivity contribution in [1.82, 2.24) is 10.1 Å². The van der Waals surface area contributed by atoms with Gasteiger partial charge < -0.3 is 19.3 Å². The van der Waals surface area contributed by atoms with Crippen LogP contribution < -0.4 is 4.74 Å². The molecule has 1 N–H and O–H groups in total. The van der Waals surface area contributed by atoms with Crippen molar-refractivity contribution in [1.29, 1.82) is 0 Å². The normalized spacial score (nSPS) is 19.6. The van der Waals surface area contributed by atoms with Crippen LogP contribution in [0.2, 0.25) is 0 Å². The standard InChI is InChI=1S/C11H16N2O4/c1-8-5-10(12-17-8)16-7-11(15)13-4-2-3-9(13)6-14/h5,9,14H,2-4,6-7H2,1H3/t9-/m1/s1. The van der Waals surface area contributed by atoms with Crippen molar-refractivity contribution >= 4 is 5.91 Å². The number of hydrogen-bond acceptors (Lipinski definition) is 5.